The number of nitrogens with zero attached hydrogens (tertiary/aromatic N) is 3. The van der Waals surface area contributed by atoms with E-state index in [1.807, 2.05) is 17.9 Å². The van der Waals surface area contributed by atoms with Crippen LogP contribution in [-0.4, -0.2) is 32.6 Å². The normalized spacial score (nSPS) is 24.0. The highest BCUT2D eigenvalue weighted by Crippen LogP contribution is 2.18. The summed E-state index contributed by atoms with van der Waals surface area (Å²) in [5.74, 6) is 0. The second-order valence-electron chi connectivity index (χ2n) is 3.64. The standard InChI is InChI=1S/C9H14BrN3/c1-12-5-8(4-11-12)6-13-3-2-9(10)7-13/h4-5,9H,2-3,6-7H2,1H3. The van der Waals surface area contributed by atoms with Gasteiger partial charge in [0.15, 0.2) is 0 Å². The van der Waals surface area contributed by atoms with Gasteiger partial charge in [0.25, 0.3) is 0 Å². The second kappa shape index (κ2) is 3.80. The van der Waals surface area contributed by atoms with Crippen molar-refractivity contribution in [3.63, 3.8) is 0 Å². The number of halogens is 1. The Balaban J connectivity index is 1.91. The fourth-order valence-electron chi connectivity index (χ4n) is 1.74. The van der Waals surface area contributed by atoms with Crippen LogP contribution in [-0.2, 0) is 13.6 Å². The first-order chi connectivity index (χ1) is 6.24. The van der Waals surface area contributed by atoms with Crippen LogP contribution in [0.15, 0.2) is 12.4 Å². The Bertz CT molecular complexity index is 284. The molecule has 3 nitrogen and oxygen atoms in total. The van der Waals surface area contributed by atoms with Crippen molar-refractivity contribution in [2.45, 2.75) is 17.8 Å². The van der Waals surface area contributed by atoms with E-state index in [0.29, 0.717) is 4.83 Å². The molecule has 0 spiro atoms. The van der Waals surface area contributed by atoms with Crippen LogP contribution in [0, 0.1) is 0 Å². The molecule has 1 aliphatic rings. The van der Waals surface area contributed by atoms with E-state index >= 15 is 0 Å². The van der Waals surface area contributed by atoms with Crippen molar-refractivity contribution in [3.05, 3.63) is 18.0 Å². The molecule has 0 aliphatic carbocycles. The number of hydrogen-bond donors (Lipinski definition) is 0. The molecule has 1 fully saturated rings. The fraction of sp³-hybridized carbons (Fsp3) is 0.667. The Labute approximate surface area is 86.8 Å². The molecule has 1 unspecified atom stereocenters. The summed E-state index contributed by atoms with van der Waals surface area (Å²) in [6.07, 6.45) is 5.30. The van der Waals surface area contributed by atoms with Crippen LogP contribution in [0.1, 0.15) is 12.0 Å². The highest BCUT2D eigenvalue weighted by Gasteiger charge is 2.19. The monoisotopic (exact) mass is 243 g/mol. The minimum absolute atomic E-state index is 0.684. The lowest BCUT2D eigenvalue weighted by molar-refractivity contribution is 0.332. The van der Waals surface area contributed by atoms with Gasteiger partial charge in [0.05, 0.1) is 6.20 Å². The molecule has 0 aromatic carbocycles. The van der Waals surface area contributed by atoms with Crippen molar-refractivity contribution in [3.8, 4) is 0 Å². The molecule has 1 saturated heterocycles. The Morgan fingerprint density at radius 2 is 2.54 bits per heavy atom. The van der Waals surface area contributed by atoms with Crippen LogP contribution < -0.4 is 0 Å². The van der Waals surface area contributed by atoms with Gasteiger partial charge in [0.1, 0.15) is 0 Å². The summed E-state index contributed by atoms with van der Waals surface area (Å²) in [4.78, 5) is 3.14. The second-order valence-corrected chi connectivity index (χ2v) is 4.94. The minimum atomic E-state index is 0.684. The number of alkyl halides is 1. The zero-order valence-corrected chi connectivity index (χ0v) is 9.37. The van der Waals surface area contributed by atoms with E-state index in [1.54, 1.807) is 0 Å². The summed E-state index contributed by atoms with van der Waals surface area (Å²) in [5.41, 5.74) is 1.31. The van der Waals surface area contributed by atoms with E-state index in [-0.39, 0.29) is 0 Å². The largest absolute Gasteiger partial charge is 0.298 e. The third-order valence-corrected chi connectivity index (χ3v) is 3.13. The molecule has 4 heteroatoms. The van der Waals surface area contributed by atoms with Gasteiger partial charge in [-0.3, -0.25) is 9.58 Å². The van der Waals surface area contributed by atoms with Crippen molar-refractivity contribution in [2.75, 3.05) is 13.1 Å². The average molecular weight is 244 g/mol. The topological polar surface area (TPSA) is 21.1 Å². The number of likely N-dealkylation sites (tertiary alicyclic amines) is 1. The van der Waals surface area contributed by atoms with Gasteiger partial charge >= 0.3 is 0 Å². The van der Waals surface area contributed by atoms with Gasteiger partial charge in [-0.25, -0.2) is 0 Å². The van der Waals surface area contributed by atoms with Crippen LogP contribution in [0.4, 0.5) is 0 Å². The molecule has 1 atom stereocenters. The fourth-order valence-corrected chi connectivity index (χ4v) is 2.35. The van der Waals surface area contributed by atoms with Crippen molar-refractivity contribution >= 4 is 15.9 Å². The van der Waals surface area contributed by atoms with E-state index in [2.05, 4.69) is 32.1 Å². The van der Waals surface area contributed by atoms with Crippen LogP contribution in [0.5, 0.6) is 0 Å². The van der Waals surface area contributed by atoms with Gasteiger partial charge in [0, 0.05) is 36.7 Å². The summed E-state index contributed by atoms with van der Waals surface area (Å²) in [6, 6.07) is 0. The Morgan fingerprint density at radius 1 is 1.69 bits per heavy atom. The Hall–Kier alpha value is -0.350. The first-order valence-electron chi connectivity index (χ1n) is 4.58. The molecule has 0 amide bonds. The van der Waals surface area contributed by atoms with Crippen LogP contribution in [0.25, 0.3) is 0 Å². The van der Waals surface area contributed by atoms with Crippen molar-refractivity contribution in [1.29, 1.82) is 0 Å². The van der Waals surface area contributed by atoms with E-state index in [1.165, 1.54) is 18.5 Å². The highest BCUT2D eigenvalue weighted by molar-refractivity contribution is 9.09. The quantitative estimate of drug-likeness (QED) is 0.733. The van der Waals surface area contributed by atoms with E-state index in [9.17, 15) is 0 Å². The number of aryl methyl sites for hydroxylation is 1. The molecule has 2 rings (SSSR count). The smallest absolute Gasteiger partial charge is 0.0534 e. The molecule has 1 aliphatic heterocycles. The van der Waals surface area contributed by atoms with Crippen LogP contribution in [0.3, 0.4) is 0 Å². The van der Waals surface area contributed by atoms with E-state index in [4.69, 9.17) is 0 Å². The lowest BCUT2D eigenvalue weighted by Crippen LogP contribution is -2.19. The predicted octanol–water partition coefficient (Wildman–Crippen LogP) is 1.39. The zero-order valence-electron chi connectivity index (χ0n) is 7.78. The first-order valence-corrected chi connectivity index (χ1v) is 5.49. The lowest BCUT2D eigenvalue weighted by atomic mass is 10.3. The molecule has 0 N–H and O–H groups in total. The third kappa shape index (κ3) is 2.31. The van der Waals surface area contributed by atoms with Gasteiger partial charge in [-0.1, -0.05) is 15.9 Å². The SMILES string of the molecule is Cn1cc(CN2CCC(Br)C2)cn1. The molecular weight excluding hydrogens is 230 g/mol. The summed E-state index contributed by atoms with van der Waals surface area (Å²) in [6.45, 7) is 3.40. The van der Waals surface area contributed by atoms with Gasteiger partial charge in [-0.2, -0.15) is 5.10 Å². The van der Waals surface area contributed by atoms with Gasteiger partial charge in [0.2, 0.25) is 0 Å². The van der Waals surface area contributed by atoms with Crippen molar-refractivity contribution in [2.24, 2.45) is 7.05 Å². The minimum Gasteiger partial charge on any atom is -0.298 e. The molecule has 13 heavy (non-hydrogen) atoms. The summed E-state index contributed by atoms with van der Waals surface area (Å²) in [5, 5.41) is 4.16. The molecule has 72 valence electrons. The third-order valence-electron chi connectivity index (χ3n) is 2.38. The molecule has 0 radical (unpaired) electrons. The van der Waals surface area contributed by atoms with Gasteiger partial charge in [-0.15, -0.1) is 0 Å². The van der Waals surface area contributed by atoms with Gasteiger partial charge < -0.3 is 0 Å². The average Bonchev–Trinajstić information content (AvgIpc) is 2.62. The number of hydrogen-bond acceptors (Lipinski definition) is 2. The molecule has 1 aromatic heterocycles. The van der Waals surface area contributed by atoms with Crippen molar-refractivity contribution in [1.82, 2.24) is 14.7 Å². The summed E-state index contributed by atoms with van der Waals surface area (Å²) >= 11 is 3.63. The maximum Gasteiger partial charge on any atom is 0.0534 e. The lowest BCUT2D eigenvalue weighted by Gasteiger charge is -2.12. The van der Waals surface area contributed by atoms with Crippen LogP contribution >= 0.6 is 15.9 Å². The Morgan fingerprint density at radius 3 is 3.08 bits per heavy atom. The zero-order chi connectivity index (χ0) is 9.26. The maximum atomic E-state index is 4.16. The highest BCUT2D eigenvalue weighted by atomic mass is 79.9. The van der Waals surface area contributed by atoms with E-state index < -0.39 is 0 Å². The molecule has 0 bridgehead atoms. The molecule has 1 aromatic rings. The summed E-state index contributed by atoms with van der Waals surface area (Å²) < 4.78 is 1.86. The van der Waals surface area contributed by atoms with E-state index in [0.717, 1.165) is 13.1 Å². The molecular formula is C9H14BrN3. The van der Waals surface area contributed by atoms with Crippen molar-refractivity contribution < 1.29 is 0 Å². The first kappa shape index (κ1) is 9.21. The molecule has 0 saturated carbocycles. The number of rotatable bonds is 2. The molecule has 2 heterocycles. The number of aromatic nitrogens is 2. The summed E-state index contributed by atoms with van der Waals surface area (Å²) in [7, 11) is 1.96. The van der Waals surface area contributed by atoms with Gasteiger partial charge in [-0.05, 0) is 13.0 Å². The van der Waals surface area contributed by atoms with Crippen LogP contribution in [0.2, 0.25) is 0 Å². The Kier molecular flexibility index (Phi) is 2.69. The predicted molar refractivity (Wildman–Crippen MR) is 55.8 cm³/mol. The maximum absolute atomic E-state index is 4.16.